The molecule has 2 fully saturated rings. The van der Waals surface area contributed by atoms with Gasteiger partial charge in [0.25, 0.3) is 0 Å². The number of aliphatic hydroxyl groups is 1. The van der Waals surface area contributed by atoms with Crippen LogP contribution in [-0.2, 0) is 14.3 Å². The van der Waals surface area contributed by atoms with Gasteiger partial charge < -0.3 is 20.3 Å². The van der Waals surface area contributed by atoms with Gasteiger partial charge in [-0.15, -0.1) is 0 Å². The number of esters is 1. The molecule has 5 atom stereocenters. The van der Waals surface area contributed by atoms with Crippen molar-refractivity contribution in [2.45, 2.75) is 127 Å². The summed E-state index contributed by atoms with van der Waals surface area (Å²) in [6.07, 6.45) is 18.2. The normalized spacial score (nSPS) is 26.5. The van der Waals surface area contributed by atoms with Gasteiger partial charge in [-0.05, 0) is 38.2 Å². The first-order valence-electron chi connectivity index (χ1n) is 14.1. The Hall–Kier alpha value is -2.26. The Morgan fingerprint density at radius 1 is 1.14 bits per heavy atom. The van der Waals surface area contributed by atoms with Crippen molar-refractivity contribution in [2.24, 2.45) is 0 Å². The van der Waals surface area contributed by atoms with Crippen LogP contribution in [0.5, 0.6) is 0 Å². The second-order valence-electron chi connectivity index (χ2n) is 10.4. The van der Waals surface area contributed by atoms with Gasteiger partial charge in [0, 0.05) is 12.6 Å². The van der Waals surface area contributed by atoms with Crippen molar-refractivity contribution in [1.82, 2.24) is 9.55 Å². The quantitative estimate of drug-likeness (QED) is 0.162. The molecule has 3 N–H and O–H groups in total. The van der Waals surface area contributed by atoms with Crippen LogP contribution in [0.15, 0.2) is 29.2 Å². The molecule has 2 heterocycles. The monoisotopic (exact) mass is 521 g/mol. The highest BCUT2D eigenvalue weighted by Crippen LogP contribution is 2.61. The summed E-state index contributed by atoms with van der Waals surface area (Å²) >= 11 is 0. The average Bonchev–Trinajstić information content (AvgIpc) is 3.37. The molecule has 37 heavy (non-hydrogen) atoms. The Morgan fingerprint density at radius 2 is 1.76 bits per heavy atom. The minimum atomic E-state index is -2.11. The number of ether oxygens (including phenoxy) is 2. The molecule has 1 aliphatic heterocycles. The van der Waals surface area contributed by atoms with Gasteiger partial charge in [-0.3, -0.25) is 9.36 Å². The van der Waals surface area contributed by atoms with Crippen LogP contribution >= 0.6 is 0 Å². The number of nitrogens with two attached hydrogens (primary N) is 1. The van der Waals surface area contributed by atoms with E-state index in [1.165, 1.54) is 63.6 Å². The maximum atomic E-state index is 15.3. The number of aliphatic hydroxyl groups excluding tert-OH is 1. The summed E-state index contributed by atoms with van der Waals surface area (Å²) in [6, 6.07) is 0.422. The summed E-state index contributed by atoms with van der Waals surface area (Å²) in [5.41, 5.74) is 2.66. The van der Waals surface area contributed by atoms with E-state index in [1.54, 1.807) is 0 Å². The number of allylic oxidation sites excluding steroid dienone is 2. The smallest absolute Gasteiger partial charge is 0.349 e. The topological polar surface area (TPSA) is 117 Å². The molecular formula is C28H44FN3O5. The molecule has 0 amide bonds. The highest BCUT2D eigenvalue weighted by atomic mass is 19.1. The number of anilines is 1. The number of rotatable bonds is 18. The van der Waals surface area contributed by atoms with Gasteiger partial charge in [-0.1, -0.05) is 70.4 Å². The number of halogens is 1. The van der Waals surface area contributed by atoms with E-state index in [4.69, 9.17) is 15.2 Å². The zero-order valence-electron chi connectivity index (χ0n) is 22.2. The lowest BCUT2D eigenvalue weighted by Crippen LogP contribution is -2.40. The molecule has 1 saturated carbocycles. The number of alkyl halides is 1. The van der Waals surface area contributed by atoms with E-state index in [0.717, 1.165) is 36.7 Å². The van der Waals surface area contributed by atoms with E-state index in [0.29, 0.717) is 6.42 Å². The molecule has 1 aromatic rings. The van der Waals surface area contributed by atoms with Gasteiger partial charge in [0.1, 0.15) is 36.8 Å². The number of carbonyl (C=O) groups is 1. The number of unbranched alkanes of at least 4 members (excludes halogenated alkanes) is 11. The van der Waals surface area contributed by atoms with Crippen LogP contribution in [0.25, 0.3) is 0 Å². The van der Waals surface area contributed by atoms with Gasteiger partial charge in [0.2, 0.25) is 0 Å². The molecule has 1 saturated heterocycles. The van der Waals surface area contributed by atoms with E-state index in [2.05, 4.69) is 24.1 Å². The maximum Gasteiger partial charge on any atom is 0.349 e. The first-order valence-corrected chi connectivity index (χ1v) is 14.1. The van der Waals surface area contributed by atoms with Crippen LogP contribution in [0, 0.1) is 0 Å². The molecule has 0 spiro atoms. The van der Waals surface area contributed by atoms with E-state index in [-0.39, 0.29) is 18.4 Å². The van der Waals surface area contributed by atoms with Crippen molar-refractivity contribution in [2.75, 3.05) is 12.3 Å². The second-order valence-corrected chi connectivity index (χ2v) is 10.4. The molecule has 0 aromatic carbocycles. The number of hydrogen-bond acceptors (Lipinski definition) is 7. The third-order valence-corrected chi connectivity index (χ3v) is 7.40. The number of carbonyl (C=O) groups excluding carboxylic acids is 1. The molecule has 3 rings (SSSR count). The molecular weight excluding hydrogens is 477 g/mol. The Morgan fingerprint density at radius 3 is 2.35 bits per heavy atom. The van der Waals surface area contributed by atoms with Gasteiger partial charge in [0.15, 0.2) is 5.67 Å². The maximum absolute atomic E-state index is 15.3. The van der Waals surface area contributed by atoms with Gasteiger partial charge >= 0.3 is 11.7 Å². The lowest BCUT2D eigenvalue weighted by molar-refractivity contribution is -0.150. The standard InChI is InChI=1S/C28H44FN3O5/c1-2-3-4-5-6-7-8-9-10-11-12-13-14-15-16-17-23(33)36-20-21-25(34)28(29)24(26(28)37-21)32-19-18-22(30)31-27(32)35/h9-10,18-19,21,24-26,34H,2-8,11-17,20H2,1H3,(H2,30,31,35)/b10-9+/t21-,24-,25+,26+,28?/m1/s1. The summed E-state index contributed by atoms with van der Waals surface area (Å²) in [4.78, 5) is 27.6. The van der Waals surface area contributed by atoms with Crippen molar-refractivity contribution >= 4 is 11.8 Å². The molecule has 1 aromatic heterocycles. The van der Waals surface area contributed by atoms with E-state index >= 15 is 4.39 Å². The van der Waals surface area contributed by atoms with Crippen LogP contribution in [0.1, 0.15) is 103 Å². The molecule has 208 valence electrons. The van der Waals surface area contributed by atoms with Gasteiger partial charge in [0.05, 0.1) is 0 Å². The number of hydrogen-bond donors (Lipinski definition) is 2. The lowest BCUT2D eigenvalue weighted by atomic mass is 10.1. The Kier molecular flexibility index (Phi) is 11.6. The predicted molar refractivity (Wildman–Crippen MR) is 141 cm³/mol. The van der Waals surface area contributed by atoms with Crippen molar-refractivity contribution in [3.05, 3.63) is 34.9 Å². The fourth-order valence-electron chi connectivity index (χ4n) is 5.11. The summed E-state index contributed by atoms with van der Waals surface area (Å²) in [5, 5.41) is 10.4. The van der Waals surface area contributed by atoms with Crippen molar-refractivity contribution in [3.8, 4) is 0 Å². The number of nitrogen functional groups attached to an aromatic ring is 1. The summed E-state index contributed by atoms with van der Waals surface area (Å²) < 4.78 is 27.1. The zero-order chi connectivity index (χ0) is 26.7. The summed E-state index contributed by atoms with van der Waals surface area (Å²) in [6.45, 7) is 2.03. The highest BCUT2D eigenvalue weighted by molar-refractivity contribution is 5.69. The number of aromatic nitrogens is 2. The van der Waals surface area contributed by atoms with Gasteiger partial charge in [-0.2, -0.15) is 4.98 Å². The lowest BCUT2D eigenvalue weighted by Gasteiger charge is -2.21. The van der Waals surface area contributed by atoms with Crippen LogP contribution in [0.3, 0.4) is 0 Å². The Labute approximate surface area is 219 Å². The minimum absolute atomic E-state index is 0.0393. The molecule has 1 aliphatic carbocycles. The Balaban J connectivity index is 1.19. The SMILES string of the molecule is CCCCCCCC/C=C/CCCCCCCC(=O)OC[C@H]1O[C@H]2[C@@H](n3ccc(N)nc3=O)C2(F)[C@H]1O. The van der Waals surface area contributed by atoms with Crippen molar-refractivity contribution < 1.29 is 23.8 Å². The van der Waals surface area contributed by atoms with E-state index < -0.39 is 35.7 Å². The average molecular weight is 522 g/mol. The fraction of sp³-hybridized carbons (Fsp3) is 0.750. The zero-order valence-corrected chi connectivity index (χ0v) is 22.2. The van der Waals surface area contributed by atoms with E-state index in [9.17, 15) is 14.7 Å². The first kappa shape index (κ1) is 29.3. The number of nitrogens with zero attached hydrogens (tertiary/aromatic N) is 2. The first-order chi connectivity index (χ1) is 17.9. The van der Waals surface area contributed by atoms with E-state index in [1.807, 2.05) is 0 Å². The molecule has 1 unspecified atom stereocenters. The van der Waals surface area contributed by atoms with Gasteiger partial charge in [-0.25, -0.2) is 9.18 Å². The molecule has 9 heteroatoms. The van der Waals surface area contributed by atoms with Crippen molar-refractivity contribution in [3.63, 3.8) is 0 Å². The molecule has 0 radical (unpaired) electrons. The Bertz CT molecular complexity index is 939. The van der Waals surface area contributed by atoms with Crippen LogP contribution in [0.4, 0.5) is 10.2 Å². The summed E-state index contributed by atoms with van der Waals surface area (Å²) in [7, 11) is 0. The number of fused-ring (bicyclic) bond motifs is 1. The third-order valence-electron chi connectivity index (χ3n) is 7.40. The van der Waals surface area contributed by atoms with Crippen LogP contribution < -0.4 is 11.4 Å². The fourth-order valence-corrected chi connectivity index (χ4v) is 5.11. The third kappa shape index (κ3) is 8.11. The summed E-state index contributed by atoms with van der Waals surface area (Å²) in [5.74, 6) is -0.338. The highest BCUT2D eigenvalue weighted by Gasteiger charge is 2.79. The van der Waals surface area contributed by atoms with Crippen LogP contribution in [-0.4, -0.2) is 51.2 Å². The molecule has 0 bridgehead atoms. The molecule has 2 aliphatic rings. The van der Waals surface area contributed by atoms with Crippen LogP contribution in [0.2, 0.25) is 0 Å². The van der Waals surface area contributed by atoms with Crippen molar-refractivity contribution in [1.29, 1.82) is 0 Å². The largest absolute Gasteiger partial charge is 0.463 e. The predicted octanol–water partition coefficient (Wildman–Crippen LogP) is 4.80. The molecule has 8 nitrogen and oxygen atoms in total. The minimum Gasteiger partial charge on any atom is -0.463 e. The second kappa shape index (κ2) is 14.6.